The Balaban J connectivity index is 1.74. The molecule has 0 spiro atoms. The van der Waals surface area contributed by atoms with E-state index in [9.17, 15) is 24.5 Å². The Morgan fingerprint density at radius 2 is 1.68 bits per heavy atom. The zero-order chi connectivity index (χ0) is 20.5. The van der Waals surface area contributed by atoms with E-state index >= 15 is 0 Å². The standard InChI is InChI=1S/C18H17N3O7/c1-12(17(23)19-20-18(24)13-5-3-2-4-6-13)28-16(22)11-27-15-9-7-14(8-10-15)21(25)26/h2-10,12H,11H2,1H3,(H,19,23)(H,20,24)/t12-/m0/s1. The first-order valence-corrected chi connectivity index (χ1v) is 8.09. The highest BCUT2D eigenvalue weighted by Crippen LogP contribution is 2.17. The lowest BCUT2D eigenvalue weighted by Crippen LogP contribution is -2.47. The molecule has 146 valence electrons. The summed E-state index contributed by atoms with van der Waals surface area (Å²) in [4.78, 5) is 45.5. The first-order valence-electron chi connectivity index (χ1n) is 8.09. The summed E-state index contributed by atoms with van der Waals surface area (Å²) in [6.45, 7) is 0.833. The van der Waals surface area contributed by atoms with Gasteiger partial charge in [0, 0.05) is 17.7 Å². The molecule has 10 nitrogen and oxygen atoms in total. The second-order valence-corrected chi connectivity index (χ2v) is 5.48. The Bertz CT molecular complexity index is 853. The van der Waals surface area contributed by atoms with Gasteiger partial charge in [0.15, 0.2) is 12.7 Å². The maximum Gasteiger partial charge on any atom is 0.344 e. The number of nitrogens with one attached hydrogen (secondary N) is 2. The minimum absolute atomic E-state index is 0.113. The van der Waals surface area contributed by atoms with Gasteiger partial charge in [0.05, 0.1) is 4.92 Å². The van der Waals surface area contributed by atoms with E-state index in [1.54, 1.807) is 30.3 Å². The van der Waals surface area contributed by atoms with Crippen molar-refractivity contribution in [1.29, 1.82) is 0 Å². The summed E-state index contributed by atoms with van der Waals surface area (Å²) < 4.78 is 10.0. The molecule has 0 unspecified atom stereocenters. The fourth-order valence-corrected chi connectivity index (χ4v) is 1.97. The molecule has 0 radical (unpaired) electrons. The first-order chi connectivity index (χ1) is 13.4. The van der Waals surface area contributed by atoms with Gasteiger partial charge in [-0.05, 0) is 31.2 Å². The Morgan fingerprint density at radius 3 is 2.29 bits per heavy atom. The van der Waals surface area contributed by atoms with Crippen molar-refractivity contribution >= 4 is 23.5 Å². The number of nitrogens with zero attached hydrogens (tertiary/aromatic N) is 1. The molecule has 0 aliphatic heterocycles. The molecule has 2 aromatic carbocycles. The van der Waals surface area contributed by atoms with Crippen LogP contribution >= 0.6 is 0 Å². The van der Waals surface area contributed by atoms with Crippen LogP contribution in [0.25, 0.3) is 0 Å². The van der Waals surface area contributed by atoms with Gasteiger partial charge in [-0.25, -0.2) is 4.79 Å². The molecule has 0 bridgehead atoms. The smallest absolute Gasteiger partial charge is 0.344 e. The number of benzene rings is 2. The molecule has 2 rings (SSSR count). The van der Waals surface area contributed by atoms with E-state index in [2.05, 4.69) is 10.9 Å². The van der Waals surface area contributed by atoms with E-state index in [0.29, 0.717) is 5.56 Å². The average Bonchev–Trinajstić information content (AvgIpc) is 2.71. The van der Waals surface area contributed by atoms with Crippen molar-refractivity contribution < 1.29 is 28.8 Å². The largest absolute Gasteiger partial charge is 0.482 e. The minimum Gasteiger partial charge on any atom is -0.482 e. The van der Waals surface area contributed by atoms with Crippen molar-refractivity contribution in [3.8, 4) is 5.75 Å². The molecule has 28 heavy (non-hydrogen) atoms. The van der Waals surface area contributed by atoms with E-state index in [1.165, 1.54) is 31.2 Å². The Morgan fingerprint density at radius 1 is 1.04 bits per heavy atom. The van der Waals surface area contributed by atoms with Crippen molar-refractivity contribution in [2.24, 2.45) is 0 Å². The van der Waals surface area contributed by atoms with Crippen LogP contribution < -0.4 is 15.6 Å². The topological polar surface area (TPSA) is 137 Å². The number of carbonyl (C=O) groups is 3. The van der Waals surface area contributed by atoms with Gasteiger partial charge < -0.3 is 9.47 Å². The molecule has 0 saturated heterocycles. The molecule has 1 atom stereocenters. The normalized spacial score (nSPS) is 11.0. The number of ether oxygens (including phenoxy) is 2. The number of non-ortho nitro benzene ring substituents is 1. The molecule has 2 aromatic rings. The maximum atomic E-state index is 11.9. The molecule has 0 heterocycles. The van der Waals surface area contributed by atoms with Crippen LogP contribution in [-0.4, -0.2) is 35.4 Å². The van der Waals surface area contributed by atoms with Crippen LogP contribution in [0.3, 0.4) is 0 Å². The number of hydrazine groups is 1. The van der Waals surface area contributed by atoms with Crippen molar-refractivity contribution in [1.82, 2.24) is 10.9 Å². The summed E-state index contributed by atoms with van der Waals surface area (Å²) in [6, 6.07) is 13.4. The Labute approximate surface area is 159 Å². The number of esters is 1. The molecule has 0 aliphatic rings. The number of amides is 2. The minimum atomic E-state index is -1.18. The predicted octanol–water partition coefficient (Wildman–Crippen LogP) is 1.37. The predicted molar refractivity (Wildman–Crippen MR) is 96.2 cm³/mol. The fraction of sp³-hybridized carbons (Fsp3) is 0.167. The van der Waals surface area contributed by atoms with Gasteiger partial charge in [-0.1, -0.05) is 18.2 Å². The van der Waals surface area contributed by atoms with Crippen LogP contribution in [0.1, 0.15) is 17.3 Å². The molecule has 0 fully saturated rings. The Kier molecular flexibility index (Phi) is 7.03. The van der Waals surface area contributed by atoms with Gasteiger partial charge in [0.2, 0.25) is 0 Å². The summed E-state index contributed by atoms with van der Waals surface area (Å²) >= 11 is 0. The van der Waals surface area contributed by atoms with E-state index in [1.807, 2.05) is 0 Å². The lowest BCUT2D eigenvalue weighted by molar-refractivity contribution is -0.384. The quantitative estimate of drug-likeness (QED) is 0.416. The molecule has 0 aromatic heterocycles. The highest BCUT2D eigenvalue weighted by atomic mass is 16.6. The van der Waals surface area contributed by atoms with Crippen LogP contribution in [-0.2, 0) is 14.3 Å². The van der Waals surface area contributed by atoms with Crippen LogP contribution in [0.5, 0.6) is 5.75 Å². The molecular formula is C18H17N3O7. The zero-order valence-corrected chi connectivity index (χ0v) is 14.8. The Hall–Kier alpha value is -3.95. The van der Waals surface area contributed by atoms with E-state index in [0.717, 1.165) is 0 Å². The number of carbonyl (C=O) groups excluding carboxylic acids is 3. The van der Waals surface area contributed by atoms with Crippen molar-refractivity contribution in [3.63, 3.8) is 0 Å². The number of hydrogen-bond donors (Lipinski definition) is 2. The van der Waals surface area contributed by atoms with Crippen LogP contribution in [0, 0.1) is 10.1 Å². The monoisotopic (exact) mass is 387 g/mol. The number of nitro groups is 1. The van der Waals surface area contributed by atoms with Crippen LogP contribution in [0.2, 0.25) is 0 Å². The molecule has 10 heteroatoms. The summed E-state index contributed by atoms with van der Waals surface area (Å²) in [5.41, 5.74) is 4.60. The van der Waals surface area contributed by atoms with E-state index in [-0.39, 0.29) is 11.4 Å². The highest BCUT2D eigenvalue weighted by Gasteiger charge is 2.19. The zero-order valence-electron chi connectivity index (χ0n) is 14.8. The van der Waals surface area contributed by atoms with Crippen molar-refractivity contribution in [3.05, 3.63) is 70.3 Å². The van der Waals surface area contributed by atoms with E-state index < -0.39 is 35.4 Å². The van der Waals surface area contributed by atoms with Gasteiger partial charge in [-0.2, -0.15) is 0 Å². The number of hydrogen-bond acceptors (Lipinski definition) is 7. The fourth-order valence-electron chi connectivity index (χ4n) is 1.97. The van der Waals surface area contributed by atoms with Gasteiger partial charge in [0.25, 0.3) is 17.5 Å². The lowest BCUT2D eigenvalue weighted by Gasteiger charge is -2.14. The molecule has 2 amide bonds. The summed E-state index contributed by atoms with van der Waals surface area (Å²) in [6.07, 6.45) is -1.18. The second kappa shape index (κ2) is 9.67. The molecule has 0 aliphatic carbocycles. The third kappa shape index (κ3) is 6.09. The molecule has 2 N–H and O–H groups in total. The lowest BCUT2D eigenvalue weighted by atomic mass is 10.2. The highest BCUT2D eigenvalue weighted by molar-refractivity contribution is 5.95. The third-order valence-electron chi connectivity index (χ3n) is 3.42. The second-order valence-electron chi connectivity index (χ2n) is 5.48. The van der Waals surface area contributed by atoms with Crippen LogP contribution in [0.15, 0.2) is 54.6 Å². The number of rotatable bonds is 7. The first kappa shape index (κ1) is 20.4. The average molecular weight is 387 g/mol. The van der Waals surface area contributed by atoms with Gasteiger partial charge in [-0.3, -0.25) is 30.6 Å². The van der Waals surface area contributed by atoms with Crippen molar-refractivity contribution in [2.75, 3.05) is 6.61 Å². The van der Waals surface area contributed by atoms with E-state index in [4.69, 9.17) is 9.47 Å². The molecule has 0 saturated carbocycles. The summed E-state index contributed by atoms with van der Waals surface area (Å²) in [5.74, 6) is -1.84. The van der Waals surface area contributed by atoms with Gasteiger partial charge >= 0.3 is 5.97 Å². The summed E-state index contributed by atoms with van der Waals surface area (Å²) in [7, 11) is 0. The molecular weight excluding hydrogens is 370 g/mol. The van der Waals surface area contributed by atoms with Crippen LogP contribution in [0.4, 0.5) is 5.69 Å². The maximum absolute atomic E-state index is 11.9. The van der Waals surface area contributed by atoms with Gasteiger partial charge in [0.1, 0.15) is 5.75 Å². The van der Waals surface area contributed by atoms with Crippen molar-refractivity contribution in [2.45, 2.75) is 13.0 Å². The third-order valence-corrected chi connectivity index (χ3v) is 3.42. The SMILES string of the molecule is C[C@H](OC(=O)COc1ccc([N+](=O)[O-])cc1)C(=O)NNC(=O)c1ccccc1. The summed E-state index contributed by atoms with van der Waals surface area (Å²) in [5, 5.41) is 10.6. The number of nitro benzene ring substituents is 1. The van der Waals surface area contributed by atoms with Gasteiger partial charge in [-0.15, -0.1) is 0 Å².